The van der Waals surface area contributed by atoms with Crippen LogP contribution in [-0.2, 0) is 19.6 Å². The Morgan fingerprint density at radius 2 is 1.96 bits per heavy atom. The van der Waals surface area contributed by atoms with Crippen LogP contribution in [-0.4, -0.2) is 62.5 Å². The van der Waals surface area contributed by atoms with E-state index >= 15 is 0 Å². The number of sulfonamides is 1. The molecule has 146 valence electrons. The Bertz CT molecular complexity index is 728. The van der Waals surface area contributed by atoms with Crippen molar-refractivity contribution in [2.45, 2.75) is 19.4 Å². The summed E-state index contributed by atoms with van der Waals surface area (Å²) in [6, 6.07) is 6.26. The summed E-state index contributed by atoms with van der Waals surface area (Å²) in [6.45, 7) is 1.33. The first-order valence-corrected chi connectivity index (χ1v) is 11.8. The zero-order chi connectivity index (χ0) is 19.7. The molecule has 2 amide bonds. The molecule has 2 N–H and O–H groups in total. The first-order valence-electron chi connectivity index (χ1n) is 7.98. The lowest BCUT2D eigenvalue weighted by Crippen LogP contribution is -2.49. The van der Waals surface area contributed by atoms with Crippen molar-refractivity contribution in [2.24, 2.45) is 0 Å². The van der Waals surface area contributed by atoms with Gasteiger partial charge in [0.05, 0.1) is 18.0 Å². The number of nitrogens with one attached hydrogen (secondary N) is 2. The lowest BCUT2D eigenvalue weighted by atomic mass is 10.2. The molecule has 1 aromatic carbocycles. The number of likely N-dealkylation sites (N-methyl/N-ethyl adjacent to an activating group) is 1. The largest absolute Gasteiger partial charge is 0.335 e. The van der Waals surface area contributed by atoms with Crippen LogP contribution in [0.2, 0.25) is 0 Å². The van der Waals surface area contributed by atoms with Gasteiger partial charge < -0.3 is 10.2 Å². The Labute approximate surface area is 167 Å². The van der Waals surface area contributed by atoms with Crippen LogP contribution < -0.4 is 10.0 Å². The maximum atomic E-state index is 12.6. The smallest absolute Gasteiger partial charge is 0.244 e. The molecule has 0 aromatic heterocycles. The number of rotatable bonds is 10. The number of hydrogen-bond donors (Lipinski definition) is 2. The van der Waals surface area contributed by atoms with Gasteiger partial charge in [0.25, 0.3) is 0 Å². The second-order valence-corrected chi connectivity index (χ2v) is 9.46. The third-order valence-corrected chi connectivity index (χ3v) is 6.25. The number of amides is 2. The number of halogens is 1. The summed E-state index contributed by atoms with van der Waals surface area (Å²) in [6.07, 6.45) is 2.24. The molecule has 0 aliphatic carbocycles. The van der Waals surface area contributed by atoms with Gasteiger partial charge in [-0.1, -0.05) is 12.1 Å². The highest BCUT2D eigenvalue weighted by molar-refractivity contribution is 9.10. The van der Waals surface area contributed by atoms with Crippen molar-refractivity contribution in [3.63, 3.8) is 0 Å². The summed E-state index contributed by atoms with van der Waals surface area (Å²) < 4.78 is 26.8. The average Bonchev–Trinajstić information content (AvgIpc) is 2.59. The summed E-state index contributed by atoms with van der Waals surface area (Å²) >= 11 is 4.86. The van der Waals surface area contributed by atoms with E-state index in [1.165, 1.54) is 30.6 Å². The second kappa shape index (κ2) is 10.9. The standard InChI is InChI=1S/C16H24BrN3O4S2/c1-4-26(23,24)19-14(9-10-25-3)16(22)20(2)11-15(21)18-13-8-6-5-7-12(13)17/h5-8,14,19H,4,9-11H2,1-3H3,(H,18,21). The molecule has 1 atom stereocenters. The average molecular weight is 466 g/mol. The number of carbonyl (C=O) groups is 2. The van der Waals surface area contributed by atoms with Crippen LogP contribution in [0.15, 0.2) is 28.7 Å². The molecule has 7 nitrogen and oxygen atoms in total. The minimum absolute atomic E-state index is 0.109. The van der Waals surface area contributed by atoms with Crippen molar-refractivity contribution in [3.8, 4) is 0 Å². The summed E-state index contributed by atoms with van der Waals surface area (Å²) in [4.78, 5) is 26.0. The maximum Gasteiger partial charge on any atom is 0.244 e. The van der Waals surface area contributed by atoms with Crippen molar-refractivity contribution in [1.29, 1.82) is 0 Å². The van der Waals surface area contributed by atoms with Crippen molar-refractivity contribution >= 4 is 55.2 Å². The normalized spacial score (nSPS) is 12.5. The fraction of sp³-hybridized carbons (Fsp3) is 0.500. The number of nitrogens with zero attached hydrogens (tertiary/aromatic N) is 1. The number of benzene rings is 1. The molecule has 0 fully saturated rings. The number of anilines is 1. The first-order chi connectivity index (χ1) is 12.2. The minimum atomic E-state index is -3.52. The number of para-hydroxylation sites is 1. The summed E-state index contributed by atoms with van der Waals surface area (Å²) in [5, 5.41) is 2.72. The zero-order valence-electron chi connectivity index (χ0n) is 15.0. The molecule has 0 aliphatic heterocycles. The highest BCUT2D eigenvalue weighted by atomic mass is 79.9. The van der Waals surface area contributed by atoms with Crippen LogP contribution in [0.1, 0.15) is 13.3 Å². The molecule has 1 unspecified atom stereocenters. The van der Waals surface area contributed by atoms with E-state index in [1.54, 1.807) is 18.2 Å². The number of hydrogen-bond acceptors (Lipinski definition) is 5. The van der Waals surface area contributed by atoms with Crippen molar-refractivity contribution in [3.05, 3.63) is 28.7 Å². The van der Waals surface area contributed by atoms with Gasteiger partial charge in [-0.2, -0.15) is 11.8 Å². The van der Waals surface area contributed by atoms with Crippen LogP contribution in [0.25, 0.3) is 0 Å². The Morgan fingerprint density at radius 1 is 1.31 bits per heavy atom. The molecular weight excluding hydrogens is 442 g/mol. The Kier molecular flexibility index (Phi) is 9.62. The molecule has 10 heteroatoms. The third kappa shape index (κ3) is 7.65. The van der Waals surface area contributed by atoms with E-state index in [-0.39, 0.29) is 18.2 Å². The van der Waals surface area contributed by atoms with Gasteiger partial charge in [0.1, 0.15) is 6.04 Å². The molecule has 26 heavy (non-hydrogen) atoms. The van der Waals surface area contributed by atoms with Crippen LogP contribution in [0.3, 0.4) is 0 Å². The topological polar surface area (TPSA) is 95.6 Å². The van der Waals surface area contributed by atoms with Gasteiger partial charge >= 0.3 is 0 Å². The zero-order valence-corrected chi connectivity index (χ0v) is 18.2. The molecule has 0 aliphatic rings. The van der Waals surface area contributed by atoms with Gasteiger partial charge in [-0.05, 0) is 53.4 Å². The molecule has 0 saturated carbocycles. The van der Waals surface area contributed by atoms with Crippen LogP contribution in [0.4, 0.5) is 5.69 Å². The van der Waals surface area contributed by atoms with Gasteiger partial charge in [0.15, 0.2) is 0 Å². The number of carbonyl (C=O) groups excluding carboxylic acids is 2. The van der Waals surface area contributed by atoms with Gasteiger partial charge in [-0.15, -0.1) is 0 Å². The van der Waals surface area contributed by atoms with E-state index < -0.39 is 22.0 Å². The Morgan fingerprint density at radius 3 is 2.54 bits per heavy atom. The Balaban J connectivity index is 2.74. The maximum absolute atomic E-state index is 12.6. The quantitative estimate of drug-likeness (QED) is 0.549. The molecule has 0 spiro atoms. The molecule has 1 rings (SSSR count). The second-order valence-electron chi connectivity index (χ2n) is 5.58. The van der Waals surface area contributed by atoms with Crippen molar-refractivity contribution < 1.29 is 18.0 Å². The van der Waals surface area contributed by atoms with Crippen molar-refractivity contribution in [1.82, 2.24) is 9.62 Å². The molecule has 0 saturated heterocycles. The first kappa shape index (κ1) is 22.9. The van der Waals surface area contributed by atoms with Crippen LogP contribution in [0.5, 0.6) is 0 Å². The van der Waals surface area contributed by atoms with Gasteiger partial charge in [-0.25, -0.2) is 13.1 Å². The number of thioether (sulfide) groups is 1. The molecule has 0 heterocycles. The molecule has 0 bridgehead atoms. The van der Waals surface area contributed by atoms with Gasteiger partial charge in [0, 0.05) is 11.5 Å². The Hall–Kier alpha value is -1.10. The summed E-state index contributed by atoms with van der Waals surface area (Å²) in [7, 11) is -2.04. The fourth-order valence-corrected chi connectivity index (χ4v) is 3.75. The predicted molar refractivity (Wildman–Crippen MR) is 110 cm³/mol. The molecular formula is C16H24BrN3O4S2. The minimum Gasteiger partial charge on any atom is -0.335 e. The van der Waals surface area contributed by atoms with E-state index in [9.17, 15) is 18.0 Å². The van der Waals surface area contributed by atoms with Crippen molar-refractivity contribution in [2.75, 3.05) is 36.7 Å². The summed E-state index contributed by atoms with van der Waals surface area (Å²) in [5.74, 6) is -0.282. The molecule has 0 radical (unpaired) electrons. The van der Waals surface area contributed by atoms with Crippen LogP contribution >= 0.6 is 27.7 Å². The highest BCUT2D eigenvalue weighted by Crippen LogP contribution is 2.21. The van der Waals surface area contributed by atoms with E-state index in [0.29, 0.717) is 17.9 Å². The fourth-order valence-electron chi connectivity index (χ4n) is 2.08. The third-order valence-electron chi connectivity index (χ3n) is 3.52. The lowest BCUT2D eigenvalue weighted by molar-refractivity contribution is -0.134. The summed E-state index contributed by atoms with van der Waals surface area (Å²) in [5.41, 5.74) is 0.601. The predicted octanol–water partition coefficient (Wildman–Crippen LogP) is 1.91. The van der Waals surface area contributed by atoms with Gasteiger partial charge in [0.2, 0.25) is 21.8 Å². The highest BCUT2D eigenvalue weighted by Gasteiger charge is 2.26. The van der Waals surface area contributed by atoms with Gasteiger partial charge in [-0.3, -0.25) is 9.59 Å². The van der Waals surface area contributed by atoms with Crippen LogP contribution in [0, 0.1) is 0 Å². The SMILES string of the molecule is CCS(=O)(=O)NC(CCSC)C(=O)N(C)CC(=O)Nc1ccccc1Br. The lowest BCUT2D eigenvalue weighted by Gasteiger charge is -2.24. The van der Waals surface area contributed by atoms with E-state index in [4.69, 9.17) is 0 Å². The van der Waals surface area contributed by atoms with E-state index in [1.807, 2.05) is 12.3 Å². The van der Waals surface area contributed by atoms with E-state index in [0.717, 1.165) is 4.47 Å². The monoisotopic (exact) mass is 465 g/mol. The molecule has 1 aromatic rings. The van der Waals surface area contributed by atoms with E-state index in [2.05, 4.69) is 26.0 Å².